The van der Waals surface area contributed by atoms with E-state index >= 15 is 0 Å². The van der Waals surface area contributed by atoms with Gasteiger partial charge in [-0.3, -0.25) is 9.78 Å². The Morgan fingerprint density at radius 3 is 2.68 bits per heavy atom. The number of pyridine rings is 1. The molecule has 1 aromatic heterocycles. The summed E-state index contributed by atoms with van der Waals surface area (Å²) >= 11 is 6.63. The van der Waals surface area contributed by atoms with Crippen LogP contribution in [0.5, 0.6) is 0 Å². The zero-order chi connectivity index (χ0) is 17.6. The third-order valence-electron chi connectivity index (χ3n) is 5.28. The van der Waals surface area contributed by atoms with E-state index in [4.69, 9.17) is 16.6 Å². The van der Waals surface area contributed by atoms with Crippen molar-refractivity contribution in [2.24, 2.45) is 0 Å². The van der Waals surface area contributed by atoms with E-state index in [9.17, 15) is 4.79 Å². The second-order valence-corrected chi connectivity index (χ2v) is 7.85. The molecule has 4 rings (SSSR count). The van der Waals surface area contributed by atoms with Gasteiger partial charge in [0.1, 0.15) is 0 Å². The highest BCUT2D eigenvalue weighted by atomic mass is 35.5. The van der Waals surface area contributed by atoms with Gasteiger partial charge in [-0.15, -0.1) is 0 Å². The SMILES string of the molecule is CC1CN(C(=O)c2ccc3c(Cl)c4c(nc3c2)CCCC4)CC(C)N1. The molecule has 2 aromatic rings. The van der Waals surface area contributed by atoms with Crippen molar-refractivity contribution in [3.05, 3.63) is 40.0 Å². The standard InChI is InChI=1S/C20H24ClN3O/c1-12-10-24(11-13(2)22-12)20(25)14-7-8-16-18(9-14)23-17-6-4-3-5-15(17)19(16)21/h7-9,12-13,22H,3-6,10-11H2,1-2H3. The van der Waals surface area contributed by atoms with E-state index in [0.717, 1.165) is 54.0 Å². The van der Waals surface area contributed by atoms with Gasteiger partial charge < -0.3 is 10.2 Å². The smallest absolute Gasteiger partial charge is 0.254 e. The predicted molar refractivity (Wildman–Crippen MR) is 101 cm³/mol. The van der Waals surface area contributed by atoms with Crippen LogP contribution >= 0.6 is 11.6 Å². The van der Waals surface area contributed by atoms with E-state index in [0.29, 0.717) is 17.6 Å². The van der Waals surface area contributed by atoms with Gasteiger partial charge >= 0.3 is 0 Å². The number of aryl methyl sites for hydroxylation is 1. The minimum absolute atomic E-state index is 0.0812. The van der Waals surface area contributed by atoms with Crippen molar-refractivity contribution in [2.75, 3.05) is 13.1 Å². The molecule has 0 spiro atoms. The predicted octanol–water partition coefficient (Wildman–Crippen LogP) is 3.59. The van der Waals surface area contributed by atoms with Crippen LogP contribution in [0.4, 0.5) is 0 Å². The summed E-state index contributed by atoms with van der Waals surface area (Å²) in [6.07, 6.45) is 4.33. The number of carbonyl (C=O) groups excluding carboxylic acids is 1. The van der Waals surface area contributed by atoms with Gasteiger partial charge in [-0.05, 0) is 57.2 Å². The molecule has 1 aliphatic carbocycles. The molecule has 2 unspecified atom stereocenters. The molecule has 132 valence electrons. The summed E-state index contributed by atoms with van der Waals surface area (Å²) in [6, 6.07) is 6.39. The molecule has 5 heteroatoms. The monoisotopic (exact) mass is 357 g/mol. The largest absolute Gasteiger partial charge is 0.336 e. The number of hydrogen-bond acceptors (Lipinski definition) is 3. The van der Waals surface area contributed by atoms with Gasteiger partial charge in [0, 0.05) is 41.8 Å². The molecular formula is C20H24ClN3O. The molecule has 25 heavy (non-hydrogen) atoms. The third kappa shape index (κ3) is 3.13. The van der Waals surface area contributed by atoms with Gasteiger partial charge in [0.25, 0.3) is 5.91 Å². The molecule has 2 aliphatic rings. The quantitative estimate of drug-likeness (QED) is 0.848. The molecule has 4 nitrogen and oxygen atoms in total. The van der Waals surface area contributed by atoms with Crippen LogP contribution in [0.3, 0.4) is 0 Å². The summed E-state index contributed by atoms with van der Waals surface area (Å²) in [5.41, 5.74) is 3.85. The maximum atomic E-state index is 12.9. The fourth-order valence-electron chi connectivity index (χ4n) is 4.18. The van der Waals surface area contributed by atoms with Gasteiger partial charge in [0.15, 0.2) is 0 Å². The lowest BCUT2D eigenvalue weighted by molar-refractivity contribution is 0.0674. The number of piperazine rings is 1. The highest BCUT2D eigenvalue weighted by Crippen LogP contribution is 2.33. The van der Waals surface area contributed by atoms with E-state index in [-0.39, 0.29) is 5.91 Å². The van der Waals surface area contributed by atoms with Crippen molar-refractivity contribution >= 4 is 28.4 Å². The summed E-state index contributed by atoms with van der Waals surface area (Å²) in [6.45, 7) is 5.70. The maximum Gasteiger partial charge on any atom is 0.254 e. The first-order chi connectivity index (χ1) is 12.0. The fourth-order valence-corrected chi connectivity index (χ4v) is 4.54. The fraction of sp³-hybridized carbons (Fsp3) is 0.500. The Bertz CT molecular complexity index is 825. The summed E-state index contributed by atoms with van der Waals surface area (Å²) in [4.78, 5) is 19.7. The molecule has 1 aromatic carbocycles. The summed E-state index contributed by atoms with van der Waals surface area (Å²) in [5, 5.41) is 5.24. The van der Waals surface area contributed by atoms with Gasteiger partial charge in [0.2, 0.25) is 0 Å². The average Bonchev–Trinajstić information content (AvgIpc) is 2.60. The molecule has 0 saturated carbocycles. The van der Waals surface area contributed by atoms with Crippen LogP contribution in [-0.4, -0.2) is 41.0 Å². The van der Waals surface area contributed by atoms with Crippen molar-refractivity contribution in [3.8, 4) is 0 Å². The number of hydrogen-bond donors (Lipinski definition) is 1. The first-order valence-corrected chi connectivity index (χ1v) is 9.57. The van der Waals surface area contributed by atoms with E-state index < -0.39 is 0 Å². The molecule has 1 aliphatic heterocycles. The Morgan fingerprint density at radius 2 is 1.92 bits per heavy atom. The lowest BCUT2D eigenvalue weighted by Crippen LogP contribution is -2.55. The van der Waals surface area contributed by atoms with E-state index in [1.165, 1.54) is 12.0 Å². The van der Waals surface area contributed by atoms with Crippen LogP contribution in [0.25, 0.3) is 10.9 Å². The lowest BCUT2D eigenvalue weighted by Gasteiger charge is -2.36. The number of rotatable bonds is 1. The van der Waals surface area contributed by atoms with E-state index in [1.54, 1.807) is 0 Å². The highest BCUT2D eigenvalue weighted by Gasteiger charge is 2.26. The van der Waals surface area contributed by atoms with Gasteiger partial charge in [-0.2, -0.15) is 0 Å². The minimum Gasteiger partial charge on any atom is -0.336 e. The lowest BCUT2D eigenvalue weighted by atomic mass is 9.94. The first-order valence-electron chi connectivity index (χ1n) is 9.19. The second kappa shape index (κ2) is 6.58. The van der Waals surface area contributed by atoms with E-state index in [2.05, 4.69) is 19.2 Å². The number of nitrogens with zero attached hydrogens (tertiary/aromatic N) is 2. The van der Waals surface area contributed by atoms with Crippen LogP contribution in [0.15, 0.2) is 18.2 Å². The number of nitrogens with one attached hydrogen (secondary N) is 1. The van der Waals surface area contributed by atoms with Gasteiger partial charge in [-0.25, -0.2) is 0 Å². The molecule has 0 bridgehead atoms. The van der Waals surface area contributed by atoms with E-state index in [1.807, 2.05) is 23.1 Å². The molecule has 1 saturated heterocycles. The average molecular weight is 358 g/mol. The van der Waals surface area contributed by atoms with Crippen molar-refractivity contribution in [3.63, 3.8) is 0 Å². The Labute approximate surface area is 153 Å². The summed E-state index contributed by atoms with van der Waals surface area (Å²) < 4.78 is 0. The number of benzene rings is 1. The second-order valence-electron chi connectivity index (χ2n) is 7.47. The van der Waals surface area contributed by atoms with Crippen molar-refractivity contribution in [1.29, 1.82) is 0 Å². The third-order valence-corrected chi connectivity index (χ3v) is 5.72. The van der Waals surface area contributed by atoms with Crippen molar-refractivity contribution in [2.45, 2.75) is 51.6 Å². The van der Waals surface area contributed by atoms with Crippen LogP contribution in [0.1, 0.15) is 48.3 Å². The normalized spacial score (nSPS) is 23.6. The Morgan fingerprint density at radius 1 is 1.20 bits per heavy atom. The molecule has 1 N–H and O–H groups in total. The van der Waals surface area contributed by atoms with Crippen LogP contribution in [0.2, 0.25) is 5.02 Å². The minimum atomic E-state index is 0.0812. The van der Waals surface area contributed by atoms with Crippen LogP contribution < -0.4 is 5.32 Å². The molecule has 0 radical (unpaired) electrons. The molecule has 2 heterocycles. The van der Waals surface area contributed by atoms with Gasteiger partial charge in [-0.1, -0.05) is 17.7 Å². The molecule has 2 atom stereocenters. The van der Waals surface area contributed by atoms with Crippen LogP contribution in [0, 0.1) is 0 Å². The summed E-state index contributed by atoms with van der Waals surface area (Å²) in [7, 11) is 0. The Balaban J connectivity index is 1.70. The van der Waals surface area contributed by atoms with Crippen LogP contribution in [-0.2, 0) is 12.8 Å². The zero-order valence-corrected chi connectivity index (χ0v) is 15.6. The number of amides is 1. The number of halogens is 1. The molecular weight excluding hydrogens is 334 g/mol. The molecule has 1 amide bonds. The number of carbonyl (C=O) groups is 1. The Kier molecular flexibility index (Phi) is 4.42. The van der Waals surface area contributed by atoms with Crippen molar-refractivity contribution < 1.29 is 4.79 Å². The Hall–Kier alpha value is -1.65. The van der Waals surface area contributed by atoms with Gasteiger partial charge in [0.05, 0.1) is 10.5 Å². The maximum absolute atomic E-state index is 12.9. The zero-order valence-electron chi connectivity index (χ0n) is 14.8. The van der Waals surface area contributed by atoms with Crippen molar-refractivity contribution in [1.82, 2.24) is 15.2 Å². The summed E-state index contributed by atoms with van der Waals surface area (Å²) in [5.74, 6) is 0.0812. The number of fused-ring (bicyclic) bond motifs is 2. The topological polar surface area (TPSA) is 45.2 Å². The highest BCUT2D eigenvalue weighted by molar-refractivity contribution is 6.36. The number of aromatic nitrogens is 1. The first kappa shape index (κ1) is 16.8. The molecule has 1 fully saturated rings.